The van der Waals surface area contributed by atoms with Gasteiger partial charge < -0.3 is 15.3 Å². The maximum absolute atomic E-state index is 12.5. The van der Waals surface area contributed by atoms with Gasteiger partial charge in [-0.1, -0.05) is 6.92 Å². The number of piperidine rings is 1. The van der Waals surface area contributed by atoms with Crippen LogP contribution < -0.4 is 5.32 Å². The molecular formula is C13H22N2O3. The standard InChI is InChI=1S/C13H22N2O3/c1-8-4-6-15(11(7-8)13(17)18)12(16)10-3-5-14-9(10)2/h8-11,14H,3-7H2,1-2H3,(H,17,18). The van der Waals surface area contributed by atoms with Gasteiger partial charge in [-0.25, -0.2) is 4.79 Å². The van der Waals surface area contributed by atoms with Crippen LogP contribution in [0.4, 0.5) is 0 Å². The van der Waals surface area contributed by atoms with E-state index in [4.69, 9.17) is 0 Å². The fourth-order valence-electron chi connectivity index (χ4n) is 3.05. The minimum Gasteiger partial charge on any atom is -0.480 e. The Bertz CT molecular complexity index is 345. The van der Waals surface area contributed by atoms with Gasteiger partial charge in [0.15, 0.2) is 0 Å². The van der Waals surface area contributed by atoms with E-state index in [1.165, 1.54) is 0 Å². The summed E-state index contributed by atoms with van der Waals surface area (Å²) in [6.07, 6.45) is 2.30. The van der Waals surface area contributed by atoms with Crippen molar-refractivity contribution in [2.45, 2.75) is 45.2 Å². The summed E-state index contributed by atoms with van der Waals surface area (Å²) < 4.78 is 0. The molecule has 0 bridgehead atoms. The lowest BCUT2D eigenvalue weighted by Crippen LogP contribution is -2.52. The molecule has 2 heterocycles. The van der Waals surface area contributed by atoms with Gasteiger partial charge in [0.05, 0.1) is 5.92 Å². The predicted molar refractivity (Wildman–Crippen MR) is 67.1 cm³/mol. The topological polar surface area (TPSA) is 69.6 Å². The summed E-state index contributed by atoms with van der Waals surface area (Å²) in [4.78, 5) is 25.4. The molecule has 5 heteroatoms. The highest BCUT2D eigenvalue weighted by molar-refractivity contribution is 5.86. The predicted octanol–water partition coefficient (Wildman–Crippen LogP) is 0.696. The van der Waals surface area contributed by atoms with E-state index in [1.54, 1.807) is 4.90 Å². The summed E-state index contributed by atoms with van der Waals surface area (Å²) in [5, 5.41) is 12.5. The minimum atomic E-state index is -0.867. The third-order valence-corrected chi connectivity index (χ3v) is 4.28. The van der Waals surface area contributed by atoms with E-state index in [9.17, 15) is 14.7 Å². The molecule has 0 aromatic rings. The Kier molecular flexibility index (Phi) is 3.90. The van der Waals surface area contributed by atoms with Crippen molar-refractivity contribution in [3.8, 4) is 0 Å². The number of rotatable bonds is 2. The second kappa shape index (κ2) is 5.26. The van der Waals surface area contributed by atoms with Gasteiger partial charge in [0.2, 0.25) is 5.91 Å². The largest absolute Gasteiger partial charge is 0.480 e. The van der Waals surface area contributed by atoms with Crippen LogP contribution in [0.25, 0.3) is 0 Å². The molecule has 2 aliphatic heterocycles. The fourth-order valence-corrected chi connectivity index (χ4v) is 3.05. The van der Waals surface area contributed by atoms with Gasteiger partial charge in [-0.3, -0.25) is 4.79 Å². The minimum absolute atomic E-state index is 0.0202. The van der Waals surface area contributed by atoms with Crippen LogP contribution in [0.15, 0.2) is 0 Å². The molecule has 2 saturated heterocycles. The number of nitrogens with zero attached hydrogens (tertiary/aromatic N) is 1. The third-order valence-electron chi connectivity index (χ3n) is 4.28. The SMILES string of the molecule is CC1CCN(C(=O)C2CCNC2C)C(C(=O)O)C1. The van der Waals surface area contributed by atoms with Crippen molar-refractivity contribution in [1.82, 2.24) is 10.2 Å². The summed E-state index contributed by atoms with van der Waals surface area (Å²) in [7, 11) is 0. The molecular weight excluding hydrogens is 232 g/mol. The van der Waals surface area contributed by atoms with Crippen LogP contribution in [0.5, 0.6) is 0 Å². The fraction of sp³-hybridized carbons (Fsp3) is 0.846. The van der Waals surface area contributed by atoms with Gasteiger partial charge in [-0.2, -0.15) is 0 Å². The van der Waals surface area contributed by atoms with E-state index < -0.39 is 12.0 Å². The number of carbonyl (C=O) groups is 2. The van der Waals surface area contributed by atoms with Crippen LogP contribution >= 0.6 is 0 Å². The zero-order valence-corrected chi connectivity index (χ0v) is 11.1. The maximum atomic E-state index is 12.5. The molecule has 4 unspecified atom stereocenters. The van der Waals surface area contributed by atoms with Crippen molar-refractivity contribution < 1.29 is 14.7 Å². The molecule has 102 valence electrons. The Morgan fingerprint density at radius 3 is 2.56 bits per heavy atom. The lowest BCUT2D eigenvalue weighted by atomic mass is 9.90. The normalized spacial score (nSPS) is 36.7. The molecule has 0 saturated carbocycles. The number of likely N-dealkylation sites (tertiary alicyclic amines) is 1. The van der Waals surface area contributed by atoms with Gasteiger partial charge in [0.1, 0.15) is 6.04 Å². The first-order chi connectivity index (χ1) is 8.50. The Balaban J connectivity index is 2.09. The van der Waals surface area contributed by atoms with Crippen LogP contribution in [0.2, 0.25) is 0 Å². The number of hydrogen-bond acceptors (Lipinski definition) is 3. The van der Waals surface area contributed by atoms with Crippen LogP contribution in [-0.2, 0) is 9.59 Å². The van der Waals surface area contributed by atoms with Crippen molar-refractivity contribution in [2.75, 3.05) is 13.1 Å². The van der Waals surface area contributed by atoms with E-state index in [0.717, 1.165) is 19.4 Å². The Morgan fingerprint density at radius 1 is 1.28 bits per heavy atom. The second-order valence-corrected chi connectivity index (χ2v) is 5.65. The molecule has 2 aliphatic rings. The lowest BCUT2D eigenvalue weighted by molar-refractivity contribution is -0.155. The van der Waals surface area contributed by atoms with E-state index >= 15 is 0 Å². The molecule has 0 aliphatic carbocycles. The highest BCUT2D eigenvalue weighted by Crippen LogP contribution is 2.27. The highest BCUT2D eigenvalue weighted by Gasteiger charge is 2.40. The molecule has 0 radical (unpaired) electrons. The summed E-state index contributed by atoms with van der Waals surface area (Å²) in [6.45, 7) is 5.48. The third kappa shape index (κ3) is 2.51. The summed E-state index contributed by atoms with van der Waals surface area (Å²) in [5.74, 6) is -0.519. The van der Waals surface area contributed by atoms with Crippen LogP contribution in [0.3, 0.4) is 0 Å². The first kappa shape index (κ1) is 13.3. The quantitative estimate of drug-likeness (QED) is 0.761. The molecule has 2 rings (SSSR count). The number of carboxylic acids is 1. The number of carbonyl (C=O) groups excluding carboxylic acids is 1. The average molecular weight is 254 g/mol. The molecule has 2 fully saturated rings. The number of carboxylic acid groups (broad SMARTS) is 1. The first-order valence-corrected chi connectivity index (χ1v) is 6.77. The highest BCUT2D eigenvalue weighted by atomic mass is 16.4. The number of nitrogens with one attached hydrogen (secondary N) is 1. The lowest BCUT2D eigenvalue weighted by Gasteiger charge is -2.38. The van der Waals surface area contributed by atoms with Gasteiger partial charge in [-0.15, -0.1) is 0 Å². The van der Waals surface area contributed by atoms with E-state index in [2.05, 4.69) is 12.2 Å². The van der Waals surface area contributed by atoms with E-state index in [1.807, 2.05) is 6.92 Å². The van der Waals surface area contributed by atoms with E-state index in [-0.39, 0.29) is 17.9 Å². The molecule has 5 nitrogen and oxygen atoms in total. The Hall–Kier alpha value is -1.10. The summed E-state index contributed by atoms with van der Waals surface area (Å²) in [5.41, 5.74) is 0. The van der Waals surface area contributed by atoms with Crippen LogP contribution in [0.1, 0.15) is 33.1 Å². The van der Waals surface area contributed by atoms with Gasteiger partial charge in [0.25, 0.3) is 0 Å². The zero-order chi connectivity index (χ0) is 13.3. The number of hydrogen-bond donors (Lipinski definition) is 2. The molecule has 4 atom stereocenters. The Labute approximate surface area is 108 Å². The first-order valence-electron chi connectivity index (χ1n) is 6.77. The molecule has 0 spiro atoms. The molecule has 18 heavy (non-hydrogen) atoms. The average Bonchev–Trinajstić information content (AvgIpc) is 2.74. The van der Waals surface area contributed by atoms with Gasteiger partial charge in [-0.05, 0) is 38.6 Å². The van der Waals surface area contributed by atoms with Crippen molar-refractivity contribution >= 4 is 11.9 Å². The second-order valence-electron chi connectivity index (χ2n) is 5.65. The van der Waals surface area contributed by atoms with Crippen LogP contribution in [0, 0.1) is 11.8 Å². The van der Waals surface area contributed by atoms with Crippen molar-refractivity contribution in [3.63, 3.8) is 0 Å². The van der Waals surface area contributed by atoms with E-state index in [0.29, 0.717) is 18.9 Å². The molecule has 0 aromatic heterocycles. The summed E-state index contributed by atoms with van der Waals surface area (Å²) in [6, 6.07) is -0.472. The summed E-state index contributed by atoms with van der Waals surface area (Å²) >= 11 is 0. The number of amides is 1. The van der Waals surface area contributed by atoms with Gasteiger partial charge >= 0.3 is 5.97 Å². The van der Waals surface area contributed by atoms with Crippen molar-refractivity contribution in [3.05, 3.63) is 0 Å². The monoisotopic (exact) mass is 254 g/mol. The number of aliphatic carboxylic acids is 1. The maximum Gasteiger partial charge on any atom is 0.326 e. The van der Waals surface area contributed by atoms with Crippen molar-refractivity contribution in [1.29, 1.82) is 0 Å². The molecule has 1 amide bonds. The van der Waals surface area contributed by atoms with Crippen molar-refractivity contribution in [2.24, 2.45) is 11.8 Å². The molecule has 0 aromatic carbocycles. The Morgan fingerprint density at radius 2 is 2.00 bits per heavy atom. The molecule has 2 N–H and O–H groups in total. The zero-order valence-electron chi connectivity index (χ0n) is 11.1. The van der Waals surface area contributed by atoms with Crippen LogP contribution in [-0.4, -0.2) is 47.1 Å². The van der Waals surface area contributed by atoms with Gasteiger partial charge in [0, 0.05) is 12.6 Å². The smallest absolute Gasteiger partial charge is 0.326 e.